The highest BCUT2D eigenvalue weighted by Crippen LogP contribution is 2.20. The molecule has 8 heteroatoms. The van der Waals surface area contributed by atoms with E-state index in [1.54, 1.807) is 13.8 Å². The van der Waals surface area contributed by atoms with Gasteiger partial charge in [0, 0.05) is 25.5 Å². The molecule has 1 aliphatic heterocycles. The fourth-order valence-electron chi connectivity index (χ4n) is 3.89. The highest BCUT2D eigenvalue weighted by Gasteiger charge is 2.28. The van der Waals surface area contributed by atoms with Crippen LogP contribution in [0.15, 0.2) is 0 Å². The molecular formula is C24H45N3O5. The molecule has 3 amide bonds. The Morgan fingerprint density at radius 1 is 1.19 bits per heavy atom. The Labute approximate surface area is 193 Å². The molecule has 32 heavy (non-hydrogen) atoms. The molecule has 8 nitrogen and oxygen atoms in total. The average molecular weight is 456 g/mol. The summed E-state index contributed by atoms with van der Waals surface area (Å²) >= 11 is 0. The van der Waals surface area contributed by atoms with Crippen LogP contribution in [-0.4, -0.2) is 60.8 Å². The Morgan fingerprint density at radius 2 is 1.94 bits per heavy atom. The number of rotatable bonds is 7. The van der Waals surface area contributed by atoms with Crippen molar-refractivity contribution >= 4 is 17.7 Å². The number of unbranched alkanes of at least 4 members (excludes halogenated alkanes) is 1. The van der Waals surface area contributed by atoms with Crippen molar-refractivity contribution in [1.29, 1.82) is 0 Å². The van der Waals surface area contributed by atoms with E-state index in [0.29, 0.717) is 32.1 Å². The smallest absolute Gasteiger partial charge is 0.242 e. The summed E-state index contributed by atoms with van der Waals surface area (Å²) in [6.07, 6.45) is 6.24. The van der Waals surface area contributed by atoms with Gasteiger partial charge in [-0.05, 0) is 38.5 Å². The first-order chi connectivity index (χ1) is 15.2. The molecule has 1 aliphatic rings. The predicted molar refractivity (Wildman–Crippen MR) is 125 cm³/mol. The lowest BCUT2D eigenvalue weighted by molar-refractivity contribution is -0.130. The summed E-state index contributed by atoms with van der Waals surface area (Å²) in [6.45, 7) is 9.24. The third-order valence-electron chi connectivity index (χ3n) is 6.05. The van der Waals surface area contributed by atoms with Crippen LogP contribution in [0.1, 0.15) is 85.5 Å². The Hall–Kier alpha value is -1.67. The monoisotopic (exact) mass is 455 g/mol. The largest absolute Gasteiger partial charge is 0.391 e. The van der Waals surface area contributed by atoms with Crippen molar-refractivity contribution in [2.75, 3.05) is 19.8 Å². The Bertz CT molecular complexity index is 572. The number of carbonyl (C=O) groups excluding carboxylic acids is 3. The number of carbonyl (C=O) groups is 3. The van der Waals surface area contributed by atoms with Crippen molar-refractivity contribution < 1.29 is 24.2 Å². The number of amides is 3. The van der Waals surface area contributed by atoms with E-state index in [4.69, 9.17) is 4.74 Å². The van der Waals surface area contributed by atoms with E-state index in [2.05, 4.69) is 29.8 Å². The standard InChI is InChI=1S/C24H45N3O5/c1-5-6-12-25-23(30)18(3)16-21(28)20-15-17(2)10-8-7-9-13-32-14-11-22(29)26-19(4)24(31)27-20/h17-21,28H,5-16H2,1-4H3,(H,25,30)(H,26,29)(H,27,31)/t17-,18-,19+,20+,21+/m1/s1. The normalized spacial score (nSPS) is 26.5. The van der Waals surface area contributed by atoms with Crippen LogP contribution in [0.25, 0.3) is 0 Å². The molecule has 0 bridgehead atoms. The second-order valence-electron chi connectivity index (χ2n) is 9.31. The number of hydrogen-bond donors (Lipinski definition) is 4. The topological polar surface area (TPSA) is 117 Å². The third-order valence-corrected chi connectivity index (χ3v) is 6.05. The summed E-state index contributed by atoms with van der Waals surface area (Å²) in [7, 11) is 0. The first-order valence-electron chi connectivity index (χ1n) is 12.4. The molecule has 186 valence electrons. The van der Waals surface area contributed by atoms with E-state index in [9.17, 15) is 19.5 Å². The zero-order chi connectivity index (χ0) is 23.9. The van der Waals surface area contributed by atoms with Crippen LogP contribution in [0.4, 0.5) is 0 Å². The molecule has 0 radical (unpaired) electrons. The van der Waals surface area contributed by atoms with Crippen LogP contribution >= 0.6 is 0 Å². The summed E-state index contributed by atoms with van der Waals surface area (Å²) in [4.78, 5) is 37.1. The quantitative estimate of drug-likeness (QED) is 0.440. The molecule has 0 unspecified atom stereocenters. The maximum absolute atomic E-state index is 12.7. The van der Waals surface area contributed by atoms with Gasteiger partial charge in [-0.1, -0.05) is 46.5 Å². The first-order valence-corrected chi connectivity index (χ1v) is 12.4. The number of hydrogen-bond acceptors (Lipinski definition) is 5. The third kappa shape index (κ3) is 11.8. The van der Waals surface area contributed by atoms with Gasteiger partial charge < -0.3 is 25.8 Å². The van der Waals surface area contributed by atoms with Crippen LogP contribution in [-0.2, 0) is 19.1 Å². The fourth-order valence-corrected chi connectivity index (χ4v) is 3.89. The van der Waals surface area contributed by atoms with Gasteiger partial charge in [0.25, 0.3) is 0 Å². The second-order valence-corrected chi connectivity index (χ2v) is 9.31. The molecule has 0 aromatic carbocycles. The summed E-state index contributed by atoms with van der Waals surface area (Å²) in [6, 6.07) is -1.19. The maximum atomic E-state index is 12.7. The SMILES string of the molecule is CCCCNC(=O)[C@H](C)C[C@H](O)[C@@H]1C[C@H](C)CCCCCOCCC(=O)N[C@@H](C)C(=O)N1. The lowest BCUT2D eigenvalue weighted by Gasteiger charge is -2.29. The van der Waals surface area contributed by atoms with Crippen molar-refractivity contribution in [3.8, 4) is 0 Å². The van der Waals surface area contributed by atoms with Gasteiger partial charge in [-0.15, -0.1) is 0 Å². The van der Waals surface area contributed by atoms with Gasteiger partial charge >= 0.3 is 0 Å². The van der Waals surface area contributed by atoms with Crippen LogP contribution in [0.3, 0.4) is 0 Å². The van der Waals surface area contributed by atoms with Crippen molar-refractivity contribution in [1.82, 2.24) is 16.0 Å². The Balaban J connectivity index is 2.79. The van der Waals surface area contributed by atoms with Crippen LogP contribution in [0, 0.1) is 11.8 Å². The summed E-state index contributed by atoms with van der Waals surface area (Å²) < 4.78 is 5.50. The molecule has 4 N–H and O–H groups in total. The van der Waals surface area contributed by atoms with Gasteiger partial charge in [0.2, 0.25) is 17.7 Å². The fraction of sp³-hybridized carbons (Fsp3) is 0.875. The van der Waals surface area contributed by atoms with Crippen LogP contribution in [0.5, 0.6) is 0 Å². The number of nitrogens with one attached hydrogen (secondary N) is 3. The number of aliphatic hydroxyl groups excluding tert-OH is 1. The van der Waals surface area contributed by atoms with E-state index in [0.717, 1.165) is 38.5 Å². The van der Waals surface area contributed by atoms with Crippen molar-refractivity contribution in [2.45, 2.75) is 104 Å². The molecule has 0 aromatic heterocycles. The van der Waals surface area contributed by atoms with Gasteiger partial charge in [-0.25, -0.2) is 0 Å². The van der Waals surface area contributed by atoms with E-state index < -0.39 is 18.2 Å². The molecule has 1 fully saturated rings. The molecule has 1 rings (SSSR count). The molecule has 0 spiro atoms. The van der Waals surface area contributed by atoms with E-state index >= 15 is 0 Å². The van der Waals surface area contributed by atoms with E-state index in [1.165, 1.54) is 0 Å². The van der Waals surface area contributed by atoms with Crippen molar-refractivity contribution in [3.05, 3.63) is 0 Å². The minimum atomic E-state index is -0.844. The van der Waals surface area contributed by atoms with Gasteiger partial charge in [0.1, 0.15) is 6.04 Å². The zero-order valence-electron chi connectivity index (χ0n) is 20.5. The van der Waals surface area contributed by atoms with E-state index in [1.807, 2.05) is 0 Å². The molecule has 0 aliphatic carbocycles. The highest BCUT2D eigenvalue weighted by molar-refractivity contribution is 5.87. The Morgan fingerprint density at radius 3 is 2.66 bits per heavy atom. The molecule has 0 saturated carbocycles. The van der Waals surface area contributed by atoms with Crippen LogP contribution < -0.4 is 16.0 Å². The summed E-state index contributed by atoms with van der Waals surface area (Å²) in [5.74, 6) is -0.688. The first kappa shape index (κ1) is 28.4. The number of ether oxygens (including phenoxy) is 1. The van der Waals surface area contributed by atoms with E-state index in [-0.39, 0.29) is 36.5 Å². The molecular weight excluding hydrogens is 410 g/mol. The molecule has 1 saturated heterocycles. The minimum absolute atomic E-state index is 0.0760. The second kappa shape index (κ2) is 16.0. The lowest BCUT2D eigenvalue weighted by Crippen LogP contribution is -2.52. The zero-order valence-corrected chi connectivity index (χ0v) is 20.5. The van der Waals surface area contributed by atoms with Gasteiger partial charge in [0.05, 0.1) is 18.8 Å². The summed E-state index contributed by atoms with van der Waals surface area (Å²) in [5, 5.41) is 19.5. The van der Waals surface area contributed by atoms with Crippen molar-refractivity contribution in [2.24, 2.45) is 11.8 Å². The van der Waals surface area contributed by atoms with Gasteiger partial charge in [-0.2, -0.15) is 0 Å². The highest BCUT2D eigenvalue weighted by atomic mass is 16.5. The predicted octanol–water partition coefficient (Wildman–Crippen LogP) is 2.29. The van der Waals surface area contributed by atoms with Gasteiger partial charge in [-0.3, -0.25) is 14.4 Å². The van der Waals surface area contributed by atoms with Crippen LogP contribution in [0.2, 0.25) is 0 Å². The Kier molecular flexibility index (Phi) is 14.2. The minimum Gasteiger partial charge on any atom is -0.391 e. The van der Waals surface area contributed by atoms with Gasteiger partial charge in [0.15, 0.2) is 0 Å². The summed E-state index contributed by atoms with van der Waals surface area (Å²) in [5.41, 5.74) is 0. The number of aliphatic hydroxyl groups is 1. The molecule has 5 atom stereocenters. The van der Waals surface area contributed by atoms with Crippen molar-refractivity contribution in [3.63, 3.8) is 0 Å². The average Bonchev–Trinajstić information content (AvgIpc) is 2.74. The maximum Gasteiger partial charge on any atom is 0.242 e. The molecule has 1 heterocycles. The lowest BCUT2D eigenvalue weighted by atomic mass is 9.89. The molecule has 0 aromatic rings.